The summed E-state index contributed by atoms with van der Waals surface area (Å²) in [6.45, 7) is 11.8. The first kappa shape index (κ1) is 14.3. The molecule has 0 aromatic carbocycles. The van der Waals surface area contributed by atoms with Crippen molar-refractivity contribution >= 4 is 11.8 Å². The van der Waals surface area contributed by atoms with Crippen molar-refractivity contribution in [1.29, 1.82) is 0 Å². The minimum absolute atomic E-state index is 0.751. The van der Waals surface area contributed by atoms with Gasteiger partial charge in [0.05, 0.1) is 0 Å². The van der Waals surface area contributed by atoms with Gasteiger partial charge in [-0.3, -0.25) is 4.90 Å². The number of rotatable bonds is 7. The molecule has 0 aliphatic carbocycles. The lowest BCUT2D eigenvalue weighted by Crippen LogP contribution is -2.44. The fraction of sp³-hybridized carbons (Fsp3) is 1.00. The zero-order valence-electron chi connectivity index (χ0n) is 11.3. The average Bonchev–Trinajstić information content (AvgIpc) is 2.79. The Balaban J connectivity index is 2.52. The topological polar surface area (TPSA) is 15.3 Å². The minimum atomic E-state index is 0.751. The minimum Gasteiger partial charge on any atom is -0.314 e. The second kappa shape index (κ2) is 7.57. The van der Waals surface area contributed by atoms with Crippen LogP contribution in [0.4, 0.5) is 0 Å². The largest absolute Gasteiger partial charge is 0.314 e. The SMILES string of the molecule is CCC(CC)CN(CC)C1CNCC1SC. The van der Waals surface area contributed by atoms with E-state index in [9.17, 15) is 0 Å². The normalized spacial score (nSPS) is 25.9. The Bertz CT molecular complexity index is 183. The van der Waals surface area contributed by atoms with Crippen molar-refractivity contribution in [3.8, 4) is 0 Å². The van der Waals surface area contributed by atoms with E-state index in [0.717, 1.165) is 17.2 Å². The highest BCUT2D eigenvalue weighted by molar-refractivity contribution is 7.99. The maximum atomic E-state index is 3.53. The first-order valence-corrected chi connectivity index (χ1v) is 8.03. The Hall–Kier alpha value is 0.270. The summed E-state index contributed by atoms with van der Waals surface area (Å²) in [7, 11) is 0. The molecule has 2 atom stereocenters. The summed E-state index contributed by atoms with van der Waals surface area (Å²) in [5.74, 6) is 0.878. The molecule has 0 spiro atoms. The summed E-state index contributed by atoms with van der Waals surface area (Å²) in [4.78, 5) is 2.69. The van der Waals surface area contributed by atoms with Gasteiger partial charge in [0.15, 0.2) is 0 Å². The van der Waals surface area contributed by atoms with Crippen molar-refractivity contribution in [2.24, 2.45) is 5.92 Å². The summed E-state index contributed by atoms with van der Waals surface area (Å²) in [5.41, 5.74) is 0. The van der Waals surface area contributed by atoms with Gasteiger partial charge >= 0.3 is 0 Å². The summed E-state index contributed by atoms with van der Waals surface area (Å²) in [6.07, 6.45) is 4.88. The van der Waals surface area contributed by atoms with Gasteiger partial charge in [-0.15, -0.1) is 0 Å². The summed E-state index contributed by atoms with van der Waals surface area (Å²) >= 11 is 2.02. The molecular weight excluding hydrogens is 216 g/mol. The third-order valence-corrected chi connectivity index (χ3v) is 5.04. The molecule has 2 unspecified atom stereocenters. The first-order chi connectivity index (χ1) is 7.76. The lowest BCUT2D eigenvalue weighted by molar-refractivity contribution is 0.183. The Labute approximate surface area is 106 Å². The van der Waals surface area contributed by atoms with Crippen LogP contribution >= 0.6 is 11.8 Å². The van der Waals surface area contributed by atoms with Crippen molar-refractivity contribution < 1.29 is 0 Å². The zero-order valence-corrected chi connectivity index (χ0v) is 12.1. The molecule has 0 amide bonds. The molecule has 1 aliphatic heterocycles. The third-order valence-electron chi connectivity index (χ3n) is 3.95. The van der Waals surface area contributed by atoms with Gasteiger partial charge in [0.2, 0.25) is 0 Å². The lowest BCUT2D eigenvalue weighted by Gasteiger charge is -2.33. The quantitative estimate of drug-likeness (QED) is 0.740. The Morgan fingerprint density at radius 2 is 1.94 bits per heavy atom. The van der Waals surface area contributed by atoms with Crippen LogP contribution in [0.5, 0.6) is 0 Å². The van der Waals surface area contributed by atoms with Crippen LogP contribution in [-0.4, -0.2) is 48.6 Å². The molecule has 0 radical (unpaired) electrons. The predicted molar refractivity (Wildman–Crippen MR) is 75.3 cm³/mol. The number of hydrogen-bond donors (Lipinski definition) is 1. The van der Waals surface area contributed by atoms with E-state index >= 15 is 0 Å². The monoisotopic (exact) mass is 244 g/mol. The Morgan fingerprint density at radius 3 is 2.44 bits per heavy atom. The van der Waals surface area contributed by atoms with Crippen LogP contribution in [0.3, 0.4) is 0 Å². The highest BCUT2D eigenvalue weighted by atomic mass is 32.2. The second-order valence-corrected chi connectivity index (χ2v) is 5.85. The maximum absolute atomic E-state index is 3.53. The standard InChI is InChI=1S/C13H28N2S/c1-5-11(6-2)10-15(7-3)12-8-14-9-13(12)16-4/h11-14H,5-10H2,1-4H3. The van der Waals surface area contributed by atoms with Crippen LogP contribution < -0.4 is 5.32 Å². The molecule has 1 N–H and O–H groups in total. The van der Waals surface area contributed by atoms with Crippen LogP contribution in [0.1, 0.15) is 33.6 Å². The number of likely N-dealkylation sites (N-methyl/N-ethyl adjacent to an activating group) is 1. The zero-order chi connectivity index (χ0) is 12.0. The van der Waals surface area contributed by atoms with Crippen molar-refractivity contribution in [3.63, 3.8) is 0 Å². The van der Waals surface area contributed by atoms with E-state index < -0.39 is 0 Å². The maximum Gasteiger partial charge on any atom is 0.0351 e. The smallest absolute Gasteiger partial charge is 0.0351 e. The van der Waals surface area contributed by atoms with Crippen LogP contribution in [0.2, 0.25) is 0 Å². The van der Waals surface area contributed by atoms with Crippen LogP contribution in [0.25, 0.3) is 0 Å². The number of hydrogen-bond acceptors (Lipinski definition) is 3. The van der Waals surface area contributed by atoms with Gasteiger partial charge in [-0.05, 0) is 18.7 Å². The van der Waals surface area contributed by atoms with Crippen LogP contribution in [0, 0.1) is 5.92 Å². The van der Waals surface area contributed by atoms with Crippen molar-refractivity contribution in [2.75, 3.05) is 32.4 Å². The Morgan fingerprint density at radius 1 is 1.25 bits per heavy atom. The van der Waals surface area contributed by atoms with Gasteiger partial charge in [0.25, 0.3) is 0 Å². The Kier molecular flexibility index (Phi) is 6.78. The number of nitrogens with one attached hydrogen (secondary N) is 1. The van der Waals surface area contributed by atoms with Gasteiger partial charge in [-0.1, -0.05) is 33.6 Å². The van der Waals surface area contributed by atoms with E-state index in [2.05, 4.69) is 37.2 Å². The van der Waals surface area contributed by atoms with Crippen LogP contribution in [-0.2, 0) is 0 Å². The molecule has 1 rings (SSSR count). The third kappa shape index (κ3) is 3.64. The highest BCUT2D eigenvalue weighted by Gasteiger charge is 2.31. The molecule has 1 saturated heterocycles. The highest BCUT2D eigenvalue weighted by Crippen LogP contribution is 2.22. The molecular formula is C13H28N2S. The van der Waals surface area contributed by atoms with Gasteiger partial charge in [-0.2, -0.15) is 11.8 Å². The van der Waals surface area contributed by atoms with Gasteiger partial charge in [0, 0.05) is 30.9 Å². The lowest BCUT2D eigenvalue weighted by atomic mass is 10.0. The molecule has 0 saturated carbocycles. The van der Waals surface area contributed by atoms with E-state index in [-0.39, 0.29) is 0 Å². The number of nitrogens with zero attached hydrogens (tertiary/aromatic N) is 1. The summed E-state index contributed by atoms with van der Waals surface area (Å²) < 4.78 is 0. The van der Waals surface area contributed by atoms with E-state index in [4.69, 9.17) is 0 Å². The predicted octanol–water partition coefficient (Wildman–Crippen LogP) is 2.45. The fourth-order valence-electron chi connectivity index (χ4n) is 2.62. The molecule has 96 valence electrons. The molecule has 0 aromatic heterocycles. The molecule has 1 aliphatic rings. The van der Waals surface area contributed by atoms with Gasteiger partial charge in [-0.25, -0.2) is 0 Å². The van der Waals surface area contributed by atoms with Crippen molar-refractivity contribution in [3.05, 3.63) is 0 Å². The molecule has 16 heavy (non-hydrogen) atoms. The molecule has 0 bridgehead atoms. The molecule has 2 nitrogen and oxygen atoms in total. The van der Waals surface area contributed by atoms with Crippen molar-refractivity contribution in [1.82, 2.24) is 10.2 Å². The van der Waals surface area contributed by atoms with Crippen molar-refractivity contribution in [2.45, 2.75) is 44.9 Å². The van der Waals surface area contributed by atoms with Gasteiger partial charge < -0.3 is 5.32 Å². The van der Waals surface area contributed by atoms with Crippen LogP contribution in [0.15, 0.2) is 0 Å². The molecule has 1 heterocycles. The molecule has 0 aromatic rings. The van der Waals surface area contributed by atoms with E-state index in [1.165, 1.54) is 39.0 Å². The van der Waals surface area contributed by atoms with E-state index in [1.54, 1.807) is 0 Å². The first-order valence-electron chi connectivity index (χ1n) is 6.74. The average molecular weight is 244 g/mol. The second-order valence-electron chi connectivity index (χ2n) is 4.77. The number of thioether (sulfide) groups is 1. The van der Waals surface area contributed by atoms with Gasteiger partial charge in [0.1, 0.15) is 0 Å². The van der Waals surface area contributed by atoms with E-state index in [0.29, 0.717) is 0 Å². The molecule has 3 heteroatoms. The molecule has 1 fully saturated rings. The summed E-state index contributed by atoms with van der Waals surface area (Å²) in [6, 6.07) is 0.751. The fourth-order valence-corrected chi connectivity index (χ4v) is 3.49. The van der Waals surface area contributed by atoms with E-state index in [1.807, 2.05) is 11.8 Å². The summed E-state index contributed by atoms with van der Waals surface area (Å²) in [5, 5.41) is 4.32.